The number of carbonyl (C=O) groups excluding carboxylic acids is 1. The number of methoxy groups -OCH3 is 1. The fraction of sp³-hybridized carbons (Fsp3) is 0.417. The van der Waals surface area contributed by atoms with E-state index >= 15 is 0 Å². The molecule has 0 spiro atoms. The van der Waals surface area contributed by atoms with Gasteiger partial charge in [-0.3, -0.25) is 0 Å². The van der Waals surface area contributed by atoms with Crippen molar-refractivity contribution in [2.45, 2.75) is 23.5 Å². The average Bonchev–Trinajstić information content (AvgIpc) is 2.34. The van der Waals surface area contributed by atoms with Gasteiger partial charge in [0.25, 0.3) is 5.92 Å². The number of esters is 1. The van der Waals surface area contributed by atoms with E-state index in [1.807, 2.05) is 0 Å². The first-order valence-corrected chi connectivity index (χ1v) is 6.59. The molecule has 0 heterocycles. The van der Waals surface area contributed by atoms with E-state index in [0.717, 1.165) is 0 Å². The minimum Gasteiger partial charge on any atom is -0.465 e. The molecule has 0 amide bonds. The van der Waals surface area contributed by atoms with Gasteiger partial charge in [0.1, 0.15) is 4.75 Å². The van der Waals surface area contributed by atoms with E-state index < -0.39 is 40.6 Å². The van der Waals surface area contributed by atoms with Crippen LogP contribution in [0.2, 0.25) is 0 Å². The van der Waals surface area contributed by atoms with Crippen molar-refractivity contribution in [3.63, 3.8) is 0 Å². The van der Waals surface area contributed by atoms with Crippen LogP contribution in [0.25, 0.3) is 0 Å². The van der Waals surface area contributed by atoms with Crippen molar-refractivity contribution in [1.82, 2.24) is 0 Å². The summed E-state index contributed by atoms with van der Waals surface area (Å²) in [6.07, 6.45) is -1.40. The first-order chi connectivity index (χ1) is 8.81. The normalized spacial score (nSPS) is 21.3. The summed E-state index contributed by atoms with van der Waals surface area (Å²) in [5.74, 6) is -3.56. The standard InChI is InChI=1S/C12H12F2O4S/c1-18-10(15)8-3-2-4-9(5-8)11(19(16)17)6-12(13,14)7-11/h2-5H,6-7H2,1H3,(H,16,17). The van der Waals surface area contributed by atoms with Crippen LogP contribution in [0.15, 0.2) is 24.3 Å². The van der Waals surface area contributed by atoms with Crippen LogP contribution < -0.4 is 0 Å². The lowest BCUT2D eigenvalue weighted by Gasteiger charge is -2.44. The quantitative estimate of drug-likeness (QED) is 0.685. The summed E-state index contributed by atoms with van der Waals surface area (Å²) in [5.41, 5.74) is 0.419. The highest BCUT2D eigenvalue weighted by Gasteiger charge is 2.61. The van der Waals surface area contributed by atoms with Crippen molar-refractivity contribution in [3.05, 3.63) is 35.4 Å². The largest absolute Gasteiger partial charge is 0.465 e. The van der Waals surface area contributed by atoms with Gasteiger partial charge in [-0.2, -0.15) is 0 Å². The van der Waals surface area contributed by atoms with Crippen LogP contribution >= 0.6 is 0 Å². The Morgan fingerprint density at radius 2 is 2.05 bits per heavy atom. The monoisotopic (exact) mass is 290 g/mol. The molecule has 1 aliphatic carbocycles. The Morgan fingerprint density at radius 1 is 1.42 bits per heavy atom. The number of carbonyl (C=O) groups is 1. The molecule has 0 aliphatic heterocycles. The number of hydrogen-bond acceptors (Lipinski definition) is 3. The third-order valence-corrected chi connectivity index (χ3v) is 4.43. The van der Waals surface area contributed by atoms with Gasteiger partial charge in [-0.05, 0) is 17.7 Å². The van der Waals surface area contributed by atoms with Crippen molar-refractivity contribution in [2.75, 3.05) is 7.11 Å². The molecule has 1 saturated carbocycles. The maximum atomic E-state index is 13.1. The molecule has 0 saturated heterocycles. The zero-order valence-corrected chi connectivity index (χ0v) is 10.9. The van der Waals surface area contributed by atoms with Gasteiger partial charge in [0, 0.05) is 12.8 Å². The SMILES string of the molecule is COC(=O)c1cccc(C2(S(=O)O)CC(F)(F)C2)c1. The Labute approximate surface area is 111 Å². The second kappa shape index (κ2) is 4.64. The lowest BCUT2D eigenvalue weighted by molar-refractivity contribution is -0.101. The highest BCUT2D eigenvalue weighted by Crippen LogP contribution is 2.55. The molecule has 4 nitrogen and oxygen atoms in total. The van der Waals surface area contributed by atoms with Crippen LogP contribution in [0.3, 0.4) is 0 Å². The van der Waals surface area contributed by atoms with E-state index in [4.69, 9.17) is 0 Å². The molecule has 7 heteroatoms. The van der Waals surface area contributed by atoms with Crippen LogP contribution in [-0.2, 0) is 20.6 Å². The van der Waals surface area contributed by atoms with E-state index in [0.29, 0.717) is 0 Å². The average molecular weight is 290 g/mol. The molecule has 1 aromatic rings. The molecule has 0 bridgehead atoms. The summed E-state index contributed by atoms with van der Waals surface area (Å²) in [6, 6.07) is 5.73. The van der Waals surface area contributed by atoms with Gasteiger partial charge in [0.15, 0.2) is 11.1 Å². The van der Waals surface area contributed by atoms with Gasteiger partial charge < -0.3 is 9.29 Å². The Kier molecular flexibility index (Phi) is 3.44. The van der Waals surface area contributed by atoms with Gasteiger partial charge in [-0.25, -0.2) is 17.8 Å². The maximum Gasteiger partial charge on any atom is 0.337 e. The number of halogens is 2. The van der Waals surface area contributed by atoms with Crippen molar-refractivity contribution in [2.24, 2.45) is 0 Å². The second-order valence-corrected chi connectivity index (χ2v) is 5.81. The summed E-state index contributed by atoms with van der Waals surface area (Å²) in [6.45, 7) is 0. The van der Waals surface area contributed by atoms with Crippen LogP contribution in [-0.4, -0.2) is 27.8 Å². The Bertz CT molecular complexity index is 536. The van der Waals surface area contributed by atoms with E-state index in [2.05, 4.69) is 4.74 Å². The minimum absolute atomic E-state index is 0.167. The van der Waals surface area contributed by atoms with E-state index in [-0.39, 0.29) is 11.1 Å². The first-order valence-electron chi connectivity index (χ1n) is 5.48. The zero-order chi connectivity index (χ0) is 14.3. The summed E-state index contributed by atoms with van der Waals surface area (Å²) < 4.78 is 49.9. The van der Waals surface area contributed by atoms with Crippen LogP contribution in [0.4, 0.5) is 8.78 Å². The fourth-order valence-electron chi connectivity index (χ4n) is 2.26. The molecule has 1 aromatic carbocycles. The molecule has 1 N–H and O–H groups in total. The van der Waals surface area contributed by atoms with Gasteiger partial charge >= 0.3 is 5.97 Å². The van der Waals surface area contributed by atoms with Crippen molar-refractivity contribution in [1.29, 1.82) is 0 Å². The van der Waals surface area contributed by atoms with Crippen LogP contribution in [0.1, 0.15) is 28.8 Å². The third-order valence-electron chi connectivity index (χ3n) is 3.23. The maximum absolute atomic E-state index is 13.1. The van der Waals surface area contributed by atoms with Crippen LogP contribution in [0.5, 0.6) is 0 Å². The second-order valence-electron chi connectivity index (χ2n) is 4.53. The number of benzene rings is 1. The molecule has 104 valence electrons. The van der Waals surface area contributed by atoms with E-state index in [9.17, 15) is 22.3 Å². The minimum atomic E-state index is -2.94. The predicted molar refractivity (Wildman–Crippen MR) is 64.4 cm³/mol. The van der Waals surface area contributed by atoms with Crippen molar-refractivity contribution >= 4 is 17.0 Å². The molecule has 1 atom stereocenters. The Hall–Kier alpha value is -1.34. The number of alkyl halides is 2. The molecule has 19 heavy (non-hydrogen) atoms. The summed E-state index contributed by atoms with van der Waals surface area (Å²) in [5, 5.41) is 0. The first kappa shape index (κ1) is 14.1. The van der Waals surface area contributed by atoms with E-state index in [1.54, 1.807) is 0 Å². The predicted octanol–water partition coefficient (Wildman–Crippen LogP) is 2.32. The molecular formula is C12H12F2O4S. The molecular weight excluding hydrogens is 278 g/mol. The summed E-state index contributed by atoms with van der Waals surface area (Å²) >= 11 is -2.44. The van der Waals surface area contributed by atoms with Gasteiger partial charge in [0.05, 0.1) is 12.7 Å². The highest BCUT2D eigenvalue weighted by atomic mass is 32.2. The molecule has 1 fully saturated rings. The summed E-state index contributed by atoms with van der Waals surface area (Å²) in [4.78, 5) is 11.4. The topological polar surface area (TPSA) is 63.6 Å². The number of rotatable bonds is 3. The smallest absolute Gasteiger partial charge is 0.337 e. The summed E-state index contributed by atoms with van der Waals surface area (Å²) in [7, 11) is 1.20. The molecule has 1 aliphatic rings. The zero-order valence-electron chi connectivity index (χ0n) is 10.1. The molecule has 2 rings (SSSR count). The van der Waals surface area contributed by atoms with Gasteiger partial charge in [0.2, 0.25) is 0 Å². The third kappa shape index (κ3) is 2.40. The molecule has 0 aromatic heterocycles. The number of ether oxygens (including phenoxy) is 1. The highest BCUT2D eigenvalue weighted by molar-refractivity contribution is 7.80. The molecule has 0 radical (unpaired) electrons. The van der Waals surface area contributed by atoms with Gasteiger partial charge in [-0.1, -0.05) is 12.1 Å². The Morgan fingerprint density at radius 3 is 2.53 bits per heavy atom. The lowest BCUT2D eigenvalue weighted by atomic mass is 9.75. The number of hydrogen-bond donors (Lipinski definition) is 1. The lowest BCUT2D eigenvalue weighted by Crippen LogP contribution is -2.52. The van der Waals surface area contributed by atoms with E-state index in [1.165, 1.54) is 31.4 Å². The van der Waals surface area contributed by atoms with Crippen molar-refractivity contribution < 1.29 is 27.1 Å². The van der Waals surface area contributed by atoms with Crippen molar-refractivity contribution in [3.8, 4) is 0 Å². The van der Waals surface area contributed by atoms with Crippen LogP contribution in [0, 0.1) is 0 Å². The van der Waals surface area contributed by atoms with Gasteiger partial charge in [-0.15, -0.1) is 0 Å². The fourth-order valence-corrected chi connectivity index (χ4v) is 3.26. The Balaban J connectivity index is 2.40. The molecule has 1 unspecified atom stereocenters.